The second-order valence-electron chi connectivity index (χ2n) is 3.58. The van der Waals surface area contributed by atoms with Gasteiger partial charge >= 0.3 is 5.97 Å². The normalized spacial score (nSPS) is 12.2. The number of anilines is 1. The molecule has 0 heterocycles. The van der Waals surface area contributed by atoms with Crippen LogP contribution in [0, 0.1) is 17.5 Å². The highest BCUT2D eigenvalue weighted by Crippen LogP contribution is 2.18. The van der Waals surface area contributed by atoms with Gasteiger partial charge in [0.1, 0.15) is 6.04 Å². The fourth-order valence-electron chi connectivity index (χ4n) is 1.39. The van der Waals surface area contributed by atoms with Crippen molar-refractivity contribution in [2.24, 2.45) is 0 Å². The Morgan fingerprint density at radius 2 is 1.88 bits per heavy atom. The van der Waals surface area contributed by atoms with Crippen molar-refractivity contribution in [3.05, 3.63) is 29.6 Å². The van der Waals surface area contributed by atoms with E-state index < -0.39 is 29.5 Å². The third-order valence-electron chi connectivity index (χ3n) is 2.20. The van der Waals surface area contributed by atoms with Gasteiger partial charge in [-0.2, -0.15) is 0 Å². The second-order valence-corrected chi connectivity index (χ2v) is 3.58. The highest BCUT2D eigenvalue weighted by Gasteiger charge is 2.18. The predicted molar refractivity (Wildman–Crippen MR) is 56.3 cm³/mol. The molecule has 0 fully saturated rings. The topological polar surface area (TPSA) is 49.3 Å². The summed E-state index contributed by atoms with van der Waals surface area (Å²) in [6.07, 6.45) is 0.895. The summed E-state index contributed by atoms with van der Waals surface area (Å²) in [4.78, 5) is 10.8. The van der Waals surface area contributed by atoms with E-state index in [0.717, 1.165) is 12.1 Å². The van der Waals surface area contributed by atoms with Crippen molar-refractivity contribution in [1.82, 2.24) is 0 Å². The Balaban J connectivity index is 2.90. The third-order valence-corrected chi connectivity index (χ3v) is 2.20. The number of hydrogen-bond acceptors (Lipinski definition) is 2. The molecule has 1 rings (SSSR count). The van der Waals surface area contributed by atoms with Crippen LogP contribution < -0.4 is 5.32 Å². The monoisotopic (exact) mass is 247 g/mol. The van der Waals surface area contributed by atoms with Gasteiger partial charge in [0.25, 0.3) is 0 Å². The van der Waals surface area contributed by atoms with Gasteiger partial charge in [0.15, 0.2) is 17.5 Å². The van der Waals surface area contributed by atoms with Crippen molar-refractivity contribution < 1.29 is 23.1 Å². The smallest absolute Gasteiger partial charge is 0.326 e. The van der Waals surface area contributed by atoms with Crippen molar-refractivity contribution in [1.29, 1.82) is 0 Å². The molecule has 1 unspecified atom stereocenters. The Kier molecular flexibility index (Phi) is 4.37. The molecular weight excluding hydrogens is 235 g/mol. The number of aliphatic carboxylic acids is 1. The van der Waals surface area contributed by atoms with E-state index >= 15 is 0 Å². The van der Waals surface area contributed by atoms with Crippen LogP contribution in [0.5, 0.6) is 0 Å². The Morgan fingerprint density at radius 1 is 1.35 bits per heavy atom. The van der Waals surface area contributed by atoms with E-state index in [1.165, 1.54) is 0 Å². The molecule has 0 bridgehead atoms. The molecule has 0 aliphatic carbocycles. The van der Waals surface area contributed by atoms with Crippen molar-refractivity contribution >= 4 is 11.7 Å². The molecule has 17 heavy (non-hydrogen) atoms. The molecule has 1 atom stereocenters. The molecule has 94 valence electrons. The van der Waals surface area contributed by atoms with Crippen LogP contribution in [-0.4, -0.2) is 17.1 Å². The quantitative estimate of drug-likeness (QED) is 0.786. The zero-order valence-electron chi connectivity index (χ0n) is 9.14. The van der Waals surface area contributed by atoms with Crippen molar-refractivity contribution in [3.63, 3.8) is 0 Å². The van der Waals surface area contributed by atoms with Crippen LogP contribution in [-0.2, 0) is 4.79 Å². The molecule has 3 nitrogen and oxygen atoms in total. The highest BCUT2D eigenvalue weighted by atomic mass is 19.2. The molecule has 0 radical (unpaired) electrons. The van der Waals surface area contributed by atoms with E-state index in [-0.39, 0.29) is 5.69 Å². The van der Waals surface area contributed by atoms with E-state index in [4.69, 9.17) is 5.11 Å². The van der Waals surface area contributed by atoms with Crippen LogP contribution >= 0.6 is 0 Å². The first-order chi connectivity index (χ1) is 7.95. The third kappa shape index (κ3) is 3.37. The molecule has 6 heteroatoms. The maximum Gasteiger partial charge on any atom is 0.326 e. The number of nitrogens with one attached hydrogen (secondary N) is 1. The summed E-state index contributed by atoms with van der Waals surface area (Å²) in [6, 6.07) is 0.498. The number of benzene rings is 1. The number of carboxylic acid groups (broad SMARTS) is 1. The number of carbonyl (C=O) groups is 1. The zero-order chi connectivity index (χ0) is 13.0. The minimum atomic E-state index is -1.57. The summed E-state index contributed by atoms with van der Waals surface area (Å²) < 4.78 is 38.4. The number of halogens is 3. The molecule has 0 aliphatic heterocycles. The molecule has 0 amide bonds. The van der Waals surface area contributed by atoms with Gasteiger partial charge in [0.05, 0.1) is 0 Å². The van der Waals surface area contributed by atoms with Gasteiger partial charge in [-0.15, -0.1) is 0 Å². The van der Waals surface area contributed by atoms with Gasteiger partial charge in [0.2, 0.25) is 0 Å². The van der Waals surface area contributed by atoms with Gasteiger partial charge < -0.3 is 10.4 Å². The lowest BCUT2D eigenvalue weighted by atomic mass is 10.1. The van der Waals surface area contributed by atoms with Crippen LogP contribution in [0.3, 0.4) is 0 Å². The lowest BCUT2D eigenvalue weighted by Crippen LogP contribution is -2.29. The molecule has 0 aromatic heterocycles. The average molecular weight is 247 g/mol. The van der Waals surface area contributed by atoms with E-state index in [2.05, 4.69) is 5.32 Å². The second kappa shape index (κ2) is 5.56. The van der Waals surface area contributed by atoms with E-state index in [0.29, 0.717) is 12.8 Å². The summed E-state index contributed by atoms with van der Waals surface area (Å²) in [6.45, 7) is 1.78. The van der Waals surface area contributed by atoms with Crippen LogP contribution in [0.4, 0.5) is 18.9 Å². The first-order valence-electron chi connectivity index (χ1n) is 5.09. The SMILES string of the molecule is CCCC(Nc1cc(F)c(F)c(F)c1)C(=O)O. The van der Waals surface area contributed by atoms with Crippen molar-refractivity contribution in [2.75, 3.05) is 5.32 Å². The van der Waals surface area contributed by atoms with Gasteiger partial charge in [-0.05, 0) is 6.42 Å². The molecule has 1 aromatic carbocycles. The summed E-state index contributed by atoms with van der Waals surface area (Å²) in [5.74, 6) is -5.41. The number of hydrogen-bond donors (Lipinski definition) is 2. The first kappa shape index (κ1) is 13.3. The molecule has 1 aromatic rings. The zero-order valence-corrected chi connectivity index (χ0v) is 9.14. The lowest BCUT2D eigenvalue weighted by molar-refractivity contribution is -0.138. The highest BCUT2D eigenvalue weighted by molar-refractivity contribution is 5.77. The fraction of sp³-hybridized carbons (Fsp3) is 0.364. The van der Waals surface area contributed by atoms with Crippen molar-refractivity contribution in [2.45, 2.75) is 25.8 Å². The van der Waals surface area contributed by atoms with Crippen molar-refractivity contribution in [3.8, 4) is 0 Å². The molecule has 2 N–H and O–H groups in total. The van der Waals surface area contributed by atoms with Gasteiger partial charge in [-0.3, -0.25) is 0 Å². The molecule has 0 aliphatic rings. The predicted octanol–water partition coefficient (Wildman–Crippen LogP) is 2.77. The van der Waals surface area contributed by atoms with Crippen LogP contribution in [0.1, 0.15) is 19.8 Å². The molecule has 0 spiro atoms. The van der Waals surface area contributed by atoms with Crippen LogP contribution in [0.25, 0.3) is 0 Å². The molecular formula is C11H12F3NO2. The number of rotatable bonds is 5. The minimum absolute atomic E-state index is 0.0951. The lowest BCUT2D eigenvalue weighted by Gasteiger charge is -2.15. The van der Waals surface area contributed by atoms with E-state index in [9.17, 15) is 18.0 Å². The van der Waals surface area contributed by atoms with E-state index in [1.54, 1.807) is 6.92 Å². The summed E-state index contributed by atoms with van der Waals surface area (Å²) in [5.41, 5.74) is -0.0951. The Labute approximate surface area is 96.3 Å². The average Bonchev–Trinajstić information content (AvgIpc) is 2.25. The first-order valence-corrected chi connectivity index (χ1v) is 5.09. The Hall–Kier alpha value is -1.72. The minimum Gasteiger partial charge on any atom is -0.480 e. The molecule has 0 saturated heterocycles. The van der Waals surface area contributed by atoms with Crippen LogP contribution in [0.2, 0.25) is 0 Å². The molecule has 0 saturated carbocycles. The summed E-state index contributed by atoms with van der Waals surface area (Å²) >= 11 is 0. The van der Waals surface area contributed by atoms with Gasteiger partial charge in [0, 0.05) is 17.8 Å². The maximum absolute atomic E-state index is 12.9. The Bertz CT molecular complexity index is 400. The number of carboxylic acids is 1. The Morgan fingerprint density at radius 3 is 2.29 bits per heavy atom. The summed E-state index contributed by atoms with van der Waals surface area (Å²) in [7, 11) is 0. The van der Waals surface area contributed by atoms with E-state index in [1.807, 2.05) is 0 Å². The fourth-order valence-corrected chi connectivity index (χ4v) is 1.39. The van der Waals surface area contributed by atoms with Crippen LogP contribution in [0.15, 0.2) is 12.1 Å². The van der Waals surface area contributed by atoms with Gasteiger partial charge in [-0.1, -0.05) is 13.3 Å². The van der Waals surface area contributed by atoms with Gasteiger partial charge in [-0.25, -0.2) is 18.0 Å². The summed E-state index contributed by atoms with van der Waals surface area (Å²) in [5, 5.41) is 11.3. The largest absolute Gasteiger partial charge is 0.480 e. The standard InChI is InChI=1S/C11H12F3NO2/c1-2-3-9(11(16)17)15-6-4-7(12)10(14)8(13)5-6/h4-5,9,15H,2-3H2,1H3,(H,16,17). The maximum atomic E-state index is 12.9.